The lowest BCUT2D eigenvalue weighted by Crippen LogP contribution is -2.37. The quantitative estimate of drug-likeness (QED) is 0.0104. The van der Waals surface area contributed by atoms with E-state index in [2.05, 4.69) is 66.7 Å². The Morgan fingerprint density at radius 3 is 1.22 bits per heavy atom. The molecule has 0 unspecified atom stereocenters. The number of carbonyl (C=O) groups is 3. The van der Waals surface area contributed by atoms with E-state index in [0.29, 0.717) is 195 Å². The monoisotopic (exact) mass is 2010 g/mol. The molecule has 28 nitrogen and oxygen atoms in total. The second-order valence-electron chi connectivity index (χ2n) is 34.4. The van der Waals surface area contributed by atoms with Crippen LogP contribution in [0.3, 0.4) is 0 Å². The molecule has 0 bridgehead atoms. The van der Waals surface area contributed by atoms with E-state index in [-0.39, 0.29) is 102 Å². The van der Waals surface area contributed by atoms with Gasteiger partial charge in [0.1, 0.15) is 90.1 Å². The number of rotatable bonds is 35. The zero-order valence-corrected chi connectivity index (χ0v) is 81.2. The Labute approximate surface area is 824 Å². The van der Waals surface area contributed by atoms with Crippen LogP contribution in [0.2, 0.25) is 20.1 Å². The van der Waals surface area contributed by atoms with Crippen LogP contribution in [-0.4, -0.2) is 173 Å². The molecule has 3 aliphatic carbocycles. The maximum atomic E-state index is 15.0. The fourth-order valence-electron chi connectivity index (χ4n) is 16.4. The van der Waals surface area contributed by atoms with E-state index in [9.17, 15) is 42.9 Å². The predicted molar refractivity (Wildman–Crippen MR) is 518 cm³/mol. The van der Waals surface area contributed by atoms with Crippen molar-refractivity contribution < 1.29 is 70.6 Å². The minimum Gasteiger partial charge on any atom is -0.487 e. The number of ether oxygens (including phenoxy) is 4. The summed E-state index contributed by atoms with van der Waals surface area (Å²) in [5, 5.41) is 60.7. The van der Waals surface area contributed by atoms with Gasteiger partial charge < -0.3 is 65.3 Å². The van der Waals surface area contributed by atoms with Crippen LogP contribution in [0.4, 0.5) is 35.0 Å². The lowest BCUT2D eigenvalue weighted by molar-refractivity contribution is 0.0832. The SMILES string of the molecule is Cl.Cl.Cn1nccc1COc1cc(F)c(Cl)c2c1CN(C[C@@H](O)CCC(=O)c1ccnc(NC3CCC3)c1)CC2.Cn1nccc1COc1cc(F)c(Cl)c2c1CNCC2.Cn1nccc1COc1cc(F)c2c(c1Cl)CCN(C[C@@H](O)CCC(=O)c1ccnc(NC3CCC3)c1)C2.Fc1cc(OCc2cnco2)c(Cl)c2c1CNCC2.O=C(CC[C@H](O)CCl)c1ccnc(NC2CCC2)c1. The number of aliphatic hydroxyl groups is 3. The summed E-state index contributed by atoms with van der Waals surface area (Å²) in [5.74, 6) is 2.98. The summed E-state index contributed by atoms with van der Waals surface area (Å²) in [6.07, 6.45) is 25.8. The summed E-state index contributed by atoms with van der Waals surface area (Å²) in [5.41, 5.74) is 10.6. The fourth-order valence-corrected chi connectivity index (χ4v) is 17.7. The highest BCUT2D eigenvalue weighted by molar-refractivity contribution is 6.33. The van der Waals surface area contributed by atoms with Crippen LogP contribution >= 0.6 is 82.8 Å². The molecule has 0 amide bonds. The highest BCUT2D eigenvalue weighted by atomic mass is 35.5. The topological polar surface area (TPSA) is 334 Å². The van der Waals surface area contributed by atoms with Crippen LogP contribution in [0.1, 0.15) is 195 Å². The van der Waals surface area contributed by atoms with Crippen molar-refractivity contribution in [2.75, 3.05) is 61.1 Å². The molecule has 11 heterocycles. The number of fused-ring (bicyclic) bond motifs is 4. The molecule has 0 radical (unpaired) electrons. The zero-order chi connectivity index (χ0) is 94.3. The highest BCUT2D eigenvalue weighted by Gasteiger charge is 2.32. The summed E-state index contributed by atoms with van der Waals surface area (Å²) in [4.78, 5) is 58.2. The Kier molecular flexibility index (Phi) is 39.6. The number of oxazole rings is 1. The van der Waals surface area contributed by atoms with Crippen LogP contribution in [-0.2, 0) is 99.4 Å². The van der Waals surface area contributed by atoms with E-state index < -0.39 is 29.9 Å². The number of aromatic nitrogens is 10. The number of aliphatic hydroxyl groups excluding tert-OH is 3. The molecule has 39 heteroatoms. The summed E-state index contributed by atoms with van der Waals surface area (Å²) in [6.45, 7) is 6.59. The van der Waals surface area contributed by atoms with Gasteiger partial charge in [-0.2, -0.15) is 15.3 Å². The van der Waals surface area contributed by atoms with Gasteiger partial charge in [-0.15, -0.1) is 36.4 Å². The molecule has 3 fully saturated rings. The van der Waals surface area contributed by atoms with E-state index in [1.807, 2.05) is 44.2 Å². The third kappa shape index (κ3) is 28.7. The van der Waals surface area contributed by atoms with Gasteiger partial charge in [0.25, 0.3) is 0 Å². The van der Waals surface area contributed by atoms with Crippen LogP contribution in [0.15, 0.2) is 133 Å². The van der Waals surface area contributed by atoms with Crippen molar-refractivity contribution in [3.63, 3.8) is 0 Å². The Bertz CT molecular complexity index is 5810. The molecule has 0 saturated heterocycles. The average Bonchev–Trinajstić information content (AvgIpc) is 0.823. The fraction of sp³-hybridized carbons (Fsp3) is 0.443. The third-order valence-corrected chi connectivity index (χ3v) is 27.0. The molecule has 4 aromatic carbocycles. The van der Waals surface area contributed by atoms with Crippen molar-refractivity contribution in [3.05, 3.63) is 256 Å². The second-order valence-corrected chi connectivity index (χ2v) is 36.2. The van der Waals surface area contributed by atoms with Crippen LogP contribution < -0.4 is 45.5 Å². The van der Waals surface area contributed by atoms with Crippen LogP contribution in [0, 0.1) is 23.3 Å². The lowest BCUT2D eigenvalue weighted by Gasteiger charge is -2.32. The summed E-state index contributed by atoms with van der Waals surface area (Å²) in [7, 11) is 5.48. The van der Waals surface area contributed by atoms with Crippen LogP contribution in [0.25, 0.3) is 0 Å². The number of carbonyl (C=O) groups excluding carboxylic acids is 3. The minimum atomic E-state index is -0.699. The Morgan fingerprint density at radius 1 is 0.456 bits per heavy atom. The van der Waals surface area contributed by atoms with Gasteiger partial charge in [0.15, 0.2) is 29.5 Å². The molecule has 7 aliphatic rings. The third-order valence-electron chi connectivity index (χ3n) is 25.0. The van der Waals surface area contributed by atoms with E-state index in [1.54, 1.807) is 93.8 Å². The number of hydrogen-bond acceptors (Lipinski definition) is 25. The number of pyridine rings is 3. The van der Waals surface area contributed by atoms with Gasteiger partial charge in [0, 0.05) is 217 Å². The van der Waals surface area contributed by atoms with Crippen molar-refractivity contribution in [1.29, 1.82) is 0 Å². The largest absolute Gasteiger partial charge is 0.487 e. The van der Waals surface area contributed by atoms with Gasteiger partial charge in [-0.3, -0.25) is 38.2 Å². The smallest absolute Gasteiger partial charge is 0.181 e. The Morgan fingerprint density at radius 2 is 0.824 bits per heavy atom. The van der Waals surface area contributed by atoms with Gasteiger partial charge in [-0.05, 0) is 193 Å². The molecular formula is C97H114Cl7F4N17O11. The maximum absolute atomic E-state index is 15.0. The zero-order valence-electron chi connectivity index (χ0n) is 75.8. The number of Topliss-reactive ketones (excluding diaryl/α,β-unsaturated/α-hetero) is 3. The average molecular weight is 2020 g/mol. The van der Waals surface area contributed by atoms with E-state index in [0.717, 1.165) is 107 Å². The lowest BCUT2D eigenvalue weighted by atomic mass is 9.93. The highest BCUT2D eigenvalue weighted by Crippen LogP contribution is 2.41. The van der Waals surface area contributed by atoms with Gasteiger partial charge in [-0.1, -0.05) is 46.4 Å². The standard InChI is InChI=1S/2C28H33ClFN5O3.C14H15ClFN3O.C14H19ClN2O2.C13H12ClFN2O2.2ClH/c1-34-20(8-11-32-34)17-38-26-14-24(30)28(29)22-9-12-35(16-23(22)26)15-21(36)5-6-25(37)18-7-10-31-27(13-18)33-19-3-2-4-19;1-34-20(8-11-32-34)17-38-26-14-24(30)23-16-35(12-9-22(23)28(26)29)15-21(36)5-6-25(37)18-7-10-31-27(13-18)33-19-3-2-4-19;1-19-9(2-5-18-19)8-20-13-6-12(16)14(15)10-3-4-17-7-11(10)13;15-9-12(18)4-5-13(19)10-6-7-16-14(8-10)17-11-2-1-3-11;14-13-9-1-2-16-5-10(9)11(15)3-12(13)18-6-8-4-17-7-19-8;;/h2*7-8,10-11,13-14,19,21,36H,2-6,9,12,15-17H2,1H3,(H,31,33);2,5-6,17H,3-4,7-8H2,1H3;6-8,11-12,18H,1-5,9H2,(H,16,17);3-4,7,16H,1-2,5-6H2;2*1H/t2*21-;;12-;;;/m00.0.../s1. The van der Waals surface area contributed by atoms with Gasteiger partial charge in [0.05, 0.1) is 61.7 Å². The molecule has 18 rings (SSSR count). The van der Waals surface area contributed by atoms with Gasteiger partial charge in [0.2, 0.25) is 0 Å². The number of aryl methyl sites for hydroxylation is 3. The number of benzene rings is 4. The number of alkyl halides is 1. The molecule has 4 aliphatic heterocycles. The molecule has 7 aromatic heterocycles. The van der Waals surface area contributed by atoms with E-state index in [1.165, 1.54) is 62.8 Å². The number of halogens is 11. The number of anilines is 3. The first kappa shape index (κ1) is 105. The first-order valence-electron chi connectivity index (χ1n) is 45.4. The Balaban J connectivity index is 0.000000158. The number of nitrogens with zero attached hydrogens (tertiary/aromatic N) is 12. The summed E-state index contributed by atoms with van der Waals surface area (Å²) < 4.78 is 90.6. The maximum Gasteiger partial charge on any atom is 0.181 e. The molecule has 3 atom stereocenters. The molecular weight excluding hydrogens is 1900 g/mol. The number of hydrogen-bond donors (Lipinski definition) is 8. The summed E-state index contributed by atoms with van der Waals surface area (Å²) in [6, 6.07) is 22.8. The molecule has 0 spiro atoms. The molecule has 8 N–H and O–H groups in total. The first-order valence-corrected chi connectivity index (χ1v) is 47.4. The predicted octanol–water partition coefficient (Wildman–Crippen LogP) is 17.6. The normalized spacial score (nSPS) is 15.6. The molecule has 136 heavy (non-hydrogen) atoms. The molecule has 3 saturated carbocycles. The van der Waals surface area contributed by atoms with Crippen molar-refractivity contribution in [2.45, 2.75) is 211 Å². The van der Waals surface area contributed by atoms with Crippen molar-refractivity contribution in [2.24, 2.45) is 21.1 Å². The minimum absolute atomic E-state index is 0. The van der Waals surface area contributed by atoms with Crippen LogP contribution in [0.5, 0.6) is 23.0 Å². The molecule has 11 aromatic rings. The van der Waals surface area contributed by atoms with E-state index >= 15 is 4.39 Å². The number of ketones is 3. The van der Waals surface area contributed by atoms with Gasteiger partial charge in [-0.25, -0.2) is 37.5 Å². The van der Waals surface area contributed by atoms with E-state index in [4.69, 9.17) is 81.4 Å². The van der Waals surface area contributed by atoms with Crippen molar-refractivity contribution in [3.8, 4) is 23.0 Å². The number of β-amino-alcohol motifs (C(OH)–C–C–N with tert-alkyl or cyclic N) is 2. The van der Waals surface area contributed by atoms with Crippen molar-refractivity contribution >= 4 is 118 Å². The van der Waals surface area contributed by atoms with Crippen molar-refractivity contribution in [1.82, 2.24) is 69.7 Å². The Hall–Kier alpha value is -9.75. The summed E-state index contributed by atoms with van der Waals surface area (Å²) >= 11 is 30.7. The van der Waals surface area contributed by atoms with Gasteiger partial charge >= 0.3 is 0 Å². The number of nitrogens with one attached hydrogen (secondary N) is 5. The first-order chi connectivity index (χ1) is 64.8. The second kappa shape index (κ2) is 51.2. The molecule has 730 valence electrons.